The van der Waals surface area contributed by atoms with Gasteiger partial charge in [-0.05, 0) is 26.8 Å². The summed E-state index contributed by atoms with van der Waals surface area (Å²) in [5, 5.41) is 26.5. The van der Waals surface area contributed by atoms with E-state index in [9.17, 15) is 14.7 Å². The molecule has 2 atom stereocenters. The molecule has 15 heavy (non-hydrogen) atoms. The van der Waals surface area contributed by atoms with Gasteiger partial charge in [0.25, 0.3) is 0 Å². The number of rotatable bonds is 7. The van der Waals surface area contributed by atoms with Crippen LogP contribution in [0.25, 0.3) is 0 Å². The zero-order chi connectivity index (χ0) is 12.0. The van der Waals surface area contributed by atoms with E-state index in [4.69, 9.17) is 10.2 Å². The van der Waals surface area contributed by atoms with E-state index in [2.05, 4.69) is 0 Å². The molecule has 3 N–H and O–H groups in total. The zero-order valence-corrected chi connectivity index (χ0v) is 8.88. The van der Waals surface area contributed by atoms with Crippen LogP contribution in [0.15, 0.2) is 0 Å². The van der Waals surface area contributed by atoms with Gasteiger partial charge in [-0.25, -0.2) is 0 Å². The quantitative estimate of drug-likeness (QED) is 0.520. The molecule has 0 aliphatic heterocycles. The Morgan fingerprint density at radius 3 is 2.20 bits per heavy atom. The summed E-state index contributed by atoms with van der Waals surface area (Å²) in [5.74, 6) is -2.00. The van der Waals surface area contributed by atoms with Gasteiger partial charge in [0.2, 0.25) is 0 Å². The van der Waals surface area contributed by atoms with Gasteiger partial charge in [-0.2, -0.15) is 0 Å². The van der Waals surface area contributed by atoms with Crippen molar-refractivity contribution in [3.8, 4) is 0 Å². The number of hydrogen-bond acceptors (Lipinski definition) is 4. The van der Waals surface area contributed by atoms with Crippen LogP contribution >= 0.6 is 0 Å². The third-order valence-corrected chi connectivity index (χ3v) is 2.23. The summed E-state index contributed by atoms with van der Waals surface area (Å²) in [5.41, 5.74) is 0. The first kappa shape index (κ1) is 13.9. The Balaban J connectivity index is 4.17. The molecule has 0 aliphatic carbocycles. The molecule has 0 fully saturated rings. The Morgan fingerprint density at radius 2 is 1.87 bits per heavy atom. The van der Waals surface area contributed by atoms with E-state index in [1.165, 1.54) is 18.9 Å². The summed E-state index contributed by atoms with van der Waals surface area (Å²) < 4.78 is 0. The third kappa shape index (κ3) is 5.34. The number of aliphatic hydroxyl groups is 1. The van der Waals surface area contributed by atoms with Crippen LogP contribution in [0, 0.1) is 0 Å². The number of aliphatic hydroxyl groups excluding tert-OH is 1. The van der Waals surface area contributed by atoms with E-state index >= 15 is 0 Å². The first-order valence-electron chi connectivity index (χ1n) is 4.71. The number of carboxylic acid groups (broad SMARTS) is 2. The minimum Gasteiger partial charge on any atom is -0.481 e. The molecule has 6 heteroatoms. The predicted molar refractivity (Wildman–Crippen MR) is 52.4 cm³/mol. The van der Waals surface area contributed by atoms with Crippen molar-refractivity contribution in [1.82, 2.24) is 4.90 Å². The van der Waals surface area contributed by atoms with Gasteiger partial charge >= 0.3 is 11.9 Å². The van der Waals surface area contributed by atoms with Crippen LogP contribution in [-0.2, 0) is 9.59 Å². The SMILES string of the molecule is CC(O)N(C)C(CCCC(=O)O)C(=O)O. The molecule has 0 spiro atoms. The molecule has 0 saturated heterocycles. The van der Waals surface area contributed by atoms with E-state index in [1.54, 1.807) is 0 Å². The van der Waals surface area contributed by atoms with Crippen LogP contribution in [0.5, 0.6) is 0 Å². The van der Waals surface area contributed by atoms with Gasteiger partial charge in [0.05, 0.1) is 0 Å². The second kappa shape index (κ2) is 6.36. The average Bonchev–Trinajstić information content (AvgIpc) is 2.10. The molecule has 0 amide bonds. The fraction of sp³-hybridized carbons (Fsp3) is 0.778. The predicted octanol–water partition coefficient (Wildman–Crippen LogP) is -0.0354. The van der Waals surface area contributed by atoms with E-state index in [0.29, 0.717) is 0 Å². The Labute approximate surface area is 88.1 Å². The second-order valence-corrected chi connectivity index (χ2v) is 3.44. The lowest BCUT2D eigenvalue weighted by Gasteiger charge is -2.26. The monoisotopic (exact) mass is 219 g/mol. The van der Waals surface area contributed by atoms with Gasteiger partial charge in [0, 0.05) is 6.42 Å². The molecule has 0 bridgehead atoms. The Kier molecular flexibility index (Phi) is 5.88. The fourth-order valence-corrected chi connectivity index (χ4v) is 1.21. The highest BCUT2D eigenvalue weighted by atomic mass is 16.4. The highest BCUT2D eigenvalue weighted by molar-refractivity contribution is 5.73. The number of nitrogens with zero attached hydrogens (tertiary/aromatic N) is 1. The molecule has 0 aromatic heterocycles. The number of carbonyl (C=O) groups is 2. The maximum Gasteiger partial charge on any atom is 0.320 e. The minimum absolute atomic E-state index is 0.0581. The minimum atomic E-state index is -1.05. The number of likely N-dealkylation sites (N-methyl/N-ethyl adjacent to an activating group) is 1. The molecular weight excluding hydrogens is 202 g/mol. The summed E-state index contributed by atoms with van der Waals surface area (Å²) in [6.45, 7) is 1.47. The maximum atomic E-state index is 10.8. The zero-order valence-electron chi connectivity index (χ0n) is 8.88. The standard InChI is InChI=1S/C9H17NO5/c1-6(11)10(2)7(9(14)15)4-3-5-8(12)13/h6-7,11H,3-5H2,1-2H3,(H,12,13)(H,14,15). The van der Waals surface area contributed by atoms with Crippen molar-refractivity contribution in [2.75, 3.05) is 7.05 Å². The van der Waals surface area contributed by atoms with Crippen molar-refractivity contribution in [3.05, 3.63) is 0 Å². The van der Waals surface area contributed by atoms with Gasteiger partial charge in [-0.15, -0.1) is 0 Å². The first-order valence-corrected chi connectivity index (χ1v) is 4.71. The molecule has 88 valence electrons. The Morgan fingerprint density at radius 1 is 1.33 bits per heavy atom. The van der Waals surface area contributed by atoms with Crippen molar-refractivity contribution in [1.29, 1.82) is 0 Å². The van der Waals surface area contributed by atoms with Crippen molar-refractivity contribution in [3.63, 3.8) is 0 Å². The van der Waals surface area contributed by atoms with E-state index in [-0.39, 0.29) is 19.3 Å². The van der Waals surface area contributed by atoms with Crippen molar-refractivity contribution in [2.45, 2.75) is 38.5 Å². The fourth-order valence-electron chi connectivity index (χ4n) is 1.21. The summed E-state index contributed by atoms with van der Waals surface area (Å²) in [4.78, 5) is 22.4. The van der Waals surface area contributed by atoms with Gasteiger partial charge in [0.15, 0.2) is 0 Å². The van der Waals surface area contributed by atoms with Crippen molar-refractivity contribution < 1.29 is 24.9 Å². The summed E-state index contributed by atoms with van der Waals surface area (Å²) in [6, 6.07) is -0.843. The smallest absolute Gasteiger partial charge is 0.320 e. The van der Waals surface area contributed by atoms with Gasteiger partial charge in [-0.3, -0.25) is 14.5 Å². The third-order valence-electron chi connectivity index (χ3n) is 2.23. The molecule has 0 aromatic carbocycles. The van der Waals surface area contributed by atoms with E-state index in [0.717, 1.165) is 0 Å². The molecule has 0 aromatic rings. The van der Waals surface area contributed by atoms with Crippen LogP contribution in [0.1, 0.15) is 26.2 Å². The maximum absolute atomic E-state index is 10.8. The molecule has 0 heterocycles. The molecule has 2 unspecified atom stereocenters. The van der Waals surface area contributed by atoms with Gasteiger partial charge in [-0.1, -0.05) is 0 Å². The molecule has 6 nitrogen and oxygen atoms in total. The normalized spacial score (nSPS) is 14.9. The highest BCUT2D eigenvalue weighted by Gasteiger charge is 2.24. The largest absolute Gasteiger partial charge is 0.481 e. The van der Waals surface area contributed by atoms with Crippen LogP contribution in [-0.4, -0.2) is 51.5 Å². The van der Waals surface area contributed by atoms with E-state index < -0.39 is 24.2 Å². The van der Waals surface area contributed by atoms with Crippen molar-refractivity contribution in [2.24, 2.45) is 0 Å². The van der Waals surface area contributed by atoms with Gasteiger partial charge < -0.3 is 15.3 Å². The topological polar surface area (TPSA) is 98.1 Å². The van der Waals surface area contributed by atoms with Crippen LogP contribution in [0.2, 0.25) is 0 Å². The average molecular weight is 219 g/mol. The summed E-state index contributed by atoms with van der Waals surface area (Å²) >= 11 is 0. The molecule has 0 rings (SSSR count). The Hall–Kier alpha value is -1.14. The van der Waals surface area contributed by atoms with Crippen LogP contribution < -0.4 is 0 Å². The van der Waals surface area contributed by atoms with Crippen LogP contribution in [0.3, 0.4) is 0 Å². The summed E-state index contributed by atoms with van der Waals surface area (Å²) in [7, 11) is 1.49. The summed E-state index contributed by atoms with van der Waals surface area (Å²) in [6.07, 6.45) is -0.431. The molecule has 0 saturated carbocycles. The first-order chi connectivity index (χ1) is 6.86. The Bertz CT molecular complexity index is 229. The number of hydrogen-bond donors (Lipinski definition) is 3. The lowest BCUT2D eigenvalue weighted by atomic mass is 10.1. The molecule has 0 aliphatic rings. The highest BCUT2D eigenvalue weighted by Crippen LogP contribution is 2.09. The number of aliphatic carboxylic acids is 2. The molecule has 0 radical (unpaired) electrons. The van der Waals surface area contributed by atoms with E-state index in [1.807, 2.05) is 0 Å². The van der Waals surface area contributed by atoms with Crippen LogP contribution in [0.4, 0.5) is 0 Å². The lowest BCUT2D eigenvalue weighted by Crippen LogP contribution is -2.43. The number of carboxylic acids is 2. The van der Waals surface area contributed by atoms with Crippen molar-refractivity contribution >= 4 is 11.9 Å². The second-order valence-electron chi connectivity index (χ2n) is 3.44. The molecular formula is C9H17NO5. The van der Waals surface area contributed by atoms with Gasteiger partial charge in [0.1, 0.15) is 12.3 Å². The lowest BCUT2D eigenvalue weighted by molar-refractivity contribution is -0.147.